The number of nitrogens with zero attached hydrogens (tertiary/aromatic N) is 2. The van der Waals surface area contributed by atoms with Gasteiger partial charge in [0.1, 0.15) is 6.10 Å². The van der Waals surface area contributed by atoms with E-state index in [1.54, 1.807) is 31.4 Å². The van der Waals surface area contributed by atoms with Gasteiger partial charge in [0, 0.05) is 17.3 Å². The van der Waals surface area contributed by atoms with E-state index in [0.29, 0.717) is 0 Å². The molecule has 1 heterocycles. The Morgan fingerprint density at radius 3 is 3.00 bits per heavy atom. The predicted octanol–water partition coefficient (Wildman–Crippen LogP) is 0.785. The highest BCUT2D eigenvalue weighted by molar-refractivity contribution is 5.70. The van der Waals surface area contributed by atoms with Crippen molar-refractivity contribution < 1.29 is 10.0 Å². The minimum absolute atomic E-state index is 0.479. The molecule has 0 radical (unpaired) electrons. The third-order valence-electron chi connectivity index (χ3n) is 2.13. The van der Waals surface area contributed by atoms with Crippen molar-refractivity contribution in [1.29, 1.82) is 0 Å². The molecule has 0 aromatic carbocycles. The van der Waals surface area contributed by atoms with Gasteiger partial charge in [-0.25, -0.2) is 0 Å². The zero-order valence-corrected chi connectivity index (χ0v) is 7.83. The van der Waals surface area contributed by atoms with Crippen LogP contribution in [0.25, 0.3) is 0 Å². The van der Waals surface area contributed by atoms with E-state index >= 15 is 0 Å². The first-order valence-corrected chi connectivity index (χ1v) is 4.23. The summed E-state index contributed by atoms with van der Waals surface area (Å²) in [6, 6.07) is 0. The molecule has 0 amide bonds. The zero-order valence-electron chi connectivity index (χ0n) is 7.83. The molecule has 1 rings (SSSR count). The monoisotopic (exact) mass is 196 g/mol. The van der Waals surface area contributed by atoms with Crippen LogP contribution in [0.4, 0.5) is 0 Å². The van der Waals surface area contributed by atoms with E-state index in [-0.39, 0.29) is 0 Å². The molecule has 2 atom stereocenters. The number of hydrogen-bond donors (Lipinski definition) is 1. The number of aliphatic imine (C=N–C) groups is 1. The fraction of sp³-hybridized carbons (Fsp3) is 0.444. The normalized spacial score (nSPS) is 27.3. The number of allylic oxidation sites excluding steroid dienone is 2. The van der Waals surface area contributed by atoms with Crippen molar-refractivity contribution in [2.45, 2.75) is 13.0 Å². The van der Waals surface area contributed by atoms with Crippen molar-refractivity contribution in [2.24, 2.45) is 10.4 Å². The molecule has 14 heavy (non-hydrogen) atoms. The maximum Gasteiger partial charge on any atom is 0.230 e. The molecular weight excluding hydrogens is 184 g/mol. The molecule has 0 bridgehead atoms. The highest BCUT2D eigenvalue weighted by Crippen LogP contribution is 2.22. The quantitative estimate of drug-likeness (QED) is 0.535. The molecule has 76 valence electrons. The summed E-state index contributed by atoms with van der Waals surface area (Å²) in [6.45, 7) is 1.22. The van der Waals surface area contributed by atoms with Crippen molar-refractivity contribution in [3.8, 4) is 0 Å². The summed E-state index contributed by atoms with van der Waals surface area (Å²) >= 11 is 0. The Kier molecular flexibility index (Phi) is 3.14. The van der Waals surface area contributed by atoms with Crippen LogP contribution in [0.3, 0.4) is 0 Å². The first-order valence-electron chi connectivity index (χ1n) is 4.23. The van der Waals surface area contributed by atoms with Crippen LogP contribution in [0.2, 0.25) is 0 Å². The lowest BCUT2D eigenvalue weighted by Crippen LogP contribution is -2.37. The van der Waals surface area contributed by atoms with Crippen LogP contribution in [0, 0.1) is 15.5 Å². The molecule has 0 fully saturated rings. The Morgan fingerprint density at radius 1 is 1.64 bits per heavy atom. The van der Waals surface area contributed by atoms with E-state index in [4.69, 9.17) is 0 Å². The van der Waals surface area contributed by atoms with Gasteiger partial charge in [0.25, 0.3) is 0 Å². The van der Waals surface area contributed by atoms with Crippen LogP contribution >= 0.6 is 0 Å². The van der Waals surface area contributed by atoms with Gasteiger partial charge in [0.2, 0.25) is 6.54 Å². The molecule has 0 spiro atoms. The molecule has 0 aromatic rings. The molecule has 0 saturated carbocycles. The Hall–Kier alpha value is -1.49. The molecule has 1 aliphatic heterocycles. The Morgan fingerprint density at radius 2 is 2.36 bits per heavy atom. The maximum absolute atomic E-state index is 10.2. The summed E-state index contributed by atoms with van der Waals surface area (Å²) in [4.78, 5) is 13.6. The van der Waals surface area contributed by atoms with E-state index < -0.39 is 23.0 Å². The average molecular weight is 196 g/mol. The largest absolute Gasteiger partial charge is 0.385 e. The van der Waals surface area contributed by atoms with Gasteiger partial charge in [-0.05, 0) is 13.0 Å². The number of hydrogen-bond acceptors (Lipinski definition) is 4. The van der Waals surface area contributed by atoms with Crippen LogP contribution < -0.4 is 0 Å². The lowest BCUT2D eigenvalue weighted by atomic mass is 9.85. The smallest absolute Gasteiger partial charge is 0.230 e. The summed E-state index contributed by atoms with van der Waals surface area (Å²) in [6.07, 6.45) is 7.16. The molecular formula is C9H12N2O3. The lowest BCUT2D eigenvalue weighted by Gasteiger charge is -2.23. The fourth-order valence-electron chi connectivity index (χ4n) is 1.14. The molecule has 0 aliphatic carbocycles. The average Bonchev–Trinajstić information content (AvgIpc) is 2.30. The zero-order chi connectivity index (χ0) is 10.6. The van der Waals surface area contributed by atoms with Crippen molar-refractivity contribution in [3.05, 3.63) is 34.5 Å². The van der Waals surface area contributed by atoms with Crippen LogP contribution in [0.15, 0.2) is 29.4 Å². The predicted molar refractivity (Wildman–Crippen MR) is 52.7 cm³/mol. The summed E-state index contributed by atoms with van der Waals surface area (Å²) in [7, 11) is 0. The molecule has 5 heteroatoms. The standard InChI is InChI=1S/C9H12N2O3/c1-9(8(12)6-11(13)14)4-2-3-5-10-7-9/h2-5,7-8,12H,6H2,1H3. The molecule has 1 N–H and O–H groups in total. The Bertz CT molecular complexity index is 291. The number of aliphatic hydroxyl groups excluding tert-OH is 1. The summed E-state index contributed by atoms with van der Waals surface area (Å²) in [5.41, 5.74) is -0.767. The van der Waals surface area contributed by atoms with Gasteiger partial charge in [-0.2, -0.15) is 0 Å². The van der Waals surface area contributed by atoms with Crippen molar-refractivity contribution in [2.75, 3.05) is 6.54 Å². The number of rotatable bonds is 3. The summed E-state index contributed by atoms with van der Waals surface area (Å²) < 4.78 is 0. The maximum atomic E-state index is 10.2. The molecule has 5 nitrogen and oxygen atoms in total. The second-order valence-corrected chi connectivity index (χ2v) is 3.38. The first-order chi connectivity index (χ1) is 6.54. The van der Waals surface area contributed by atoms with Gasteiger partial charge in [-0.15, -0.1) is 0 Å². The van der Waals surface area contributed by atoms with Crippen molar-refractivity contribution in [3.63, 3.8) is 0 Å². The van der Waals surface area contributed by atoms with E-state index in [1.807, 2.05) is 0 Å². The van der Waals surface area contributed by atoms with Gasteiger partial charge in [-0.1, -0.05) is 12.2 Å². The van der Waals surface area contributed by atoms with Gasteiger partial charge in [0.15, 0.2) is 0 Å². The first kappa shape index (κ1) is 10.6. The minimum Gasteiger partial charge on any atom is -0.385 e. The Balaban J connectivity index is 2.78. The van der Waals surface area contributed by atoms with Crippen LogP contribution in [-0.4, -0.2) is 28.9 Å². The van der Waals surface area contributed by atoms with E-state index in [2.05, 4.69) is 4.99 Å². The SMILES string of the molecule is CC1(C(O)C[N+](=O)[O-])C=CC=CN=C1. The molecule has 0 saturated heterocycles. The molecule has 0 aromatic heterocycles. The number of aliphatic hydroxyl groups is 1. The lowest BCUT2D eigenvalue weighted by molar-refractivity contribution is -0.492. The fourth-order valence-corrected chi connectivity index (χ4v) is 1.14. The summed E-state index contributed by atoms with van der Waals surface area (Å²) in [5, 5.41) is 19.9. The third-order valence-corrected chi connectivity index (χ3v) is 2.13. The highest BCUT2D eigenvalue weighted by Gasteiger charge is 2.32. The van der Waals surface area contributed by atoms with E-state index in [0.717, 1.165) is 0 Å². The second kappa shape index (κ2) is 4.15. The number of nitro groups is 1. The van der Waals surface area contributed by atoms with E-state index in [9.17, 15) is 15.2 Å². The minimum atomic E-state index is -1.06. The van der Waals surface area contributed by atoms with Crippen LogP contribution in [0.5, 0.6) is 0 Å². The van der Waals surface area contributed by atoms with Crippen LogP contribution in [-0.2, 0) is 0 Å². The van der Waals surface area contributed by atoms with Crippen molar-refractivity contribution in [1.82, 2.24) is 0 Å². The van der Waals surface area contributed by atoms with Gasteiger partial charge < -0.3 is 5.11 Å². The van der Waals surface area contributed by atoms with E-state index in [1.165, 1.54) is 6.21 Å². The third kappa shape index (κ3) is 2.50. The van der Waals surface area contributed by atoms with Gasteiger partial charge >= 0.3 is 0 Å². The Labute approximate surface area is 81.6 Å². The molecule has 1 aliphatic rings. The van der Waals surface area contributed by atoms with Gasteiger partial charge in [0.05, 0.1) is 5.41 Å². The summed E-state index contributed by atoms with van der Waals surface area (Å²) in [5.74, 6) is 0. The molecule has 2 unspecified atom stereocenters. The van der Waals surface area contributed by atoms with Crippen molar-refractivity contribution >= 4 is 6.21 Å². The highest BCUT2D eigenvalue weighted by atomic mass is 16.6. The topological polar surface area (TPSA) is 75.7 Å². The second-order valence-electron chi connectivity index (χ2n) is 3.38. The van der Waals surface area contributed by atoms with Crippen LogP contribution in [0.1, 0.15) is 6.92 Å². The van der Waals surface area contributed by atoms with Gasteiger partial charge in [-0.3, -0.25) is 15.1 Å².